The average molecular weight is 352 g/mol. The van der Waals surface area contributed by atoms with Gasteiger partial charge in [0.25, 0.3) is 0 Å². The number of nitrogens with zero attached hydrogens (tertiary/aromatic N) is 2. The number of fused-ring (bicyclic) bond motifs is 2. The number of benzene rings is 1. The van der Waals surface area contributed by atoms with Crippen molar-refractivity contribution in [1.82, 2.24) is 9.21 Å². The summed E-state index contributed by atoms with van der Waals surface area (Å²) in [5.74, 6) is 0.871. The minimum absolute atomic E-state index is 0.0133. The number of carbonyl (C=O) groups is 1. The standard InChI is InChI=1S/C16H20N2O5S/c1-11-16(19)17-6-2-3-12(17)10-18(11)24(20,21)13-4-5-14-15(9-13)23-8-7-22-14/h4-5,9,11-12H,2-3,6-8,10H2,1H3. The molecule has 24 heavy (non-hydrogen) atoms. The topological polar surface area (TPSA) is 76.2 Å². The van der Waals surface area contributed by atoms with Crippen molar-refractivity contribution in [2.75, 3.05) is 26.3 Å². The van der Waals surface area contributed by atoms with E-state index < -0.39 is 16.1 Å². The Balaban J connectivity index is 1.68. The van der Waals surface area contributed by atoms with Crippen LogP contribution in [0, 0.1) is 0 Å². The van der Waals surface area contributed by atoms with Crippen molar-refractivity contribution >= 4 is 15.9 Å². The molecule has 3 heterocycles. The summed E-state index contributed by atoms with van der Waals surface area (Å²) in [5, 5.41) is 0. The predicted molar refractivity (Wildman–Crippen MR) is 85.5 cm³/mol. The van der Waals surface area contributed by atoms with Crippen molar-refractivity contribution in [1.29, 1.82) is 0 Å². The van der Waals surface area contributed by atoms with Crippen LogP contribution in [-0.2, 0) is 14.8 Å². The van der Waals surface area contributed by atoms with Crippen LogP contribution in [0.1, 0.15) is 19.8 Å². The Morgan fingerprint density at radius 3 is 2.71 bits per heavy atom. The van der Waals surface area contributed by atoms with Gasteiger partial charge in [0.1, 0.15) is 19.3 Å². The van der Waals surface area contributed by atoms with Crippen LogP contribution in [0.4, 0.5) is 0 Å². The fraction of sp³-hybridized carbons (Fsp3) is 0.562. The van der Waals surface area contributed by atoms with Crippen LogP contribution in [0.15, 0.2) is 23.1 Å². The third-order valence-electron chi connectivity index (χ3n) is 4.96. The second kappa shape index (κ2) is 5.63. The lowest BCUT2D eigenvalue weighted by Crippen LogP contribution is -2.59. The first kappa shape index (κ1) is 15.7. The molecule has 2 atom stereocenters. The van der Waals surface area contributed by atoms with E-state index in [0.717, 1.165) is 19.4 Å². The molecule has 0 saturated carbocycles. The normalized spacial score (nSPS) is 27.2. The number of rotatable bonds is 2. The van der Waals surface area contributed by atoms with Gasteiger partial charge in [0, 0.05) is 25.2 Å². The molecular formula is C16H20N2O5S. The van der Waals surface area contributed by atoms with E-state index in [1.807, 2.05) is 4.90 Å². The van der Waals surface area contributed by atoms with Gasteiger partial charge in [-0.15, -0.1) is 0 Å². The quantitative estimate of drug-likeness (QED) is 0.788. The highest BCUT2D eigenvalue weighted by Crippen LogP contribution is 2.35. The van der Waals surface area contributed by atoms with Gasteiger partial charge in [0.05, 0.1) is 4.90 Å². The Kier molecular flexibility index (Phi) is 3.69. The first-order valence-corrected chi connectivity index (χ1v) is 9.64. The van der Waals surface area contributed by atoms with Gasteiger partial charge in [-0.1, -0.05) is 0 Å². The van der Waals surface area contributed by atoms with E-state index in [1.54, 1.807) is 13.0 Å². The number of piperazine rings is 1. The van der Waals surface area contributed by atoms with Crippen molar-refractivity contribution in [3.8, 4) is 11.5 Å². The molecule has 2 fully saturated rings. The van der Waals surface area contributed by atoms with Gasteiger partial charge < -0.3 is 14.4 Å². The van der Waals surface area contributed by atoms with E-state index in [4.69, 9.17) is 9.47 Å². The van der Waals surface area contributed by atoms with Crippen LogP contribution >= 0.6 is 0 Å². The number of sulfonamides is 1. The summed E-state index contributed by atoms with van der Waals surface area (Å²) in [7, 11) is -3.77. The van der Waals surface area contributed by atoms with Gasteiger partial charge in [-0.3, -0.25) is 4.79 Å². The average Bonchev–Trinajstić information content (AvgIpc) is 3.06. The van der Waals surface area contributed by atoms with E-state index >= 15 is 0 Å². The highest BCUT2D eigenvalue weighted by atomic mass is 32.2. The van der Waals surface area contributed by atoms with E-state index in [1.165, 1.54) is 16.4 Å². The van der Waals surface area contributed by atoms with Crippen LogP contribution in [-0.4, -0.2) is 61.9 Å². The Bertz CT molecular complexity index is 779. The second-order valence-electron chi connectivity index (χ2n) is 6.38. The minimum Gasteiger partial charge on any atom is -0.486 e. The van der Waals surface area contributed by atoms with E-state index in [9.17, 15) is 13.2 Å². The monoisotopic (exact) mass is 352 g/mol. The predicted octanol–water partition coefficient (Wildman–Crippen LogP) is 0.842. The van der Waals surface area contributed by atoms with Gasteiger partial charge in [0.2, 0.25) is 15.9 Å². The molecule has 1 aromatic rings. The third kappa shape index (κ3) is 2.36. The summed E-state index contributed by atoms with van der Waals surface area (Å²) in [5.41, 5.74) is 0. The lowest BCUT2D eigenvalue weighted by Gasteiger charge is -2.40. The molecule has 2 unspecified atom stereocenters. The Labute approximate surface area is 141 Å². The fourth-order valence-corrected chi connectivity index (χ4v) is 5.31. The number of hydrogen-bond acceptors (Lipinski definition) is 5. The molecule has 2 saturated heterocycles. The third-order valence-corrected chi connectivity index (χ3v) is 6.89. The molecule has 3 aliphatic rings. The zero-order valence-electron chi connectivity index (χ0n) is 13.5. The molecule has 0 aromatic heterocycles. The molecule has 130 valence electrons. The summed E-state index contributed by atoms with van der Waals surface area (Å²) < 4.78 is 38.4. The zero-order valence-corrected chi connectivity index (χ0v) is 14.3. The molecule has 0 N–H and O–H groups in total. The first-order chi connectivity index (χ1) is 11.5. The largest absolute Gasteiger partial charge is 0.486 e. The molecule has 0 radical (unpaired) electrons. The van der Waals surface area contributed by atoms with Crippen molar-refractivity contribution in [3.63, 3.8) is 0 Å². The SMILES string of the molecule is CC1C(=O)N2CCCC2CN1S(=O)(=O)c1ccc2c(c1)OCCO2. The molecule has 8 heteroatoms. The van der Waals surface area contributed by atoms with Crippen molar-refractivity contribution < 1.29 is 22.7 Å². The molecule has 1 amide bonds. The first-order valence-electron chi connectivity index (χ1n) is 8.20. The van der Waals surface area contributed by atoms with Crippen LogP contribution in [0.2, 0.25) is 0 Å². The van der Waals surface area contributed by atoms with Crippen LogP contribution in [0.5, 0.6) is 11.5 Å². The highest BCUT2D eigenvalue weighted by molar-refractivity contribution is 7.89. The fourth-order valence-electron chi connectivity index (χ4n) is 3.67. The molecule has 0 spiro atoms. The lowest BCUT2D eigenvalue weighted by molar-refractivity contribution is -0.139. The van der Waals surface area contributed by atoms with Crippen molar-refractivity contribution in [2.24, 2.45) is 0 Å². The van der Waals surface area contributed by atoms with Crippen molar-refractivity contribution in [3.05, 3.63) is 18.2 Å². The molecule has 7 nitrogen and oxygen atoms in total. The van der Waals surface area contributed by atoms with Gasteiger partial charge in [-0.25, -0.2) is 8.42 Å². The number of amides is 1. The van der Waals surface area contributed by atoms with Gasteiger partial charge in [-0.2, -0.15) is 4.31 Å². The Morgan fingerprint density at radius 1 is 1.17 bits per heavy atom. The minimum atomic E-state index is -3.77. The summed E-state index contributed by atoms with van der Waals surface area (Å²) in [6.07, 6.45) is 1.78. The van der Waals surface area contributed by atoms with E-state index in [-0.39, 0.29) is 16.8 Å². The Hall–Kier alpha value is -1.80. The van der Waals surface area contributed by atoms with Crippen LogP contribution in [0.3, 0.4) is 0 Å². The molecule has 1 aromatic carbocycles. The smallest absolute Gasteiger partial charge is 0.244 e. The van der Waals surface area contributed by atoms with E-state index in [2.05, 4.69) is 0 Å². The zero-order chi connectivity index (χ0) is 16.9. The number of hydrogen-bond donors (Lipinski definition) is 0. The van der Waals surface area contributed by atoms with Crippen LogP contribution < -0.4 is 9.47 Å². The van der Waals surface area contributed by atoms with E-state index in [0.29, 0.717) is 31.3 Å². The molecule has 4 rings (SSSR count). The molecular weight excluding hydrogens is 332 g/mol. The Morgan fingerprint density at radius 2 is 1.92 bits per heavy atom. The molecule has 3 aliphatic heterocycles. The maximum absolute atomic E-state index is 13.1. The second-order valence-corrected chi connectivity index (χ2v) is 8.27. The highest BCUT2D eigenvalue weighted by Gasteiger charge is 2.45. The summed E-state index contributed by atoms with van der Waals surface area (Å²) in [6, 6.07) is 3.92. The van der Waals surface area contributed by atoms with Gasteiger partial charge >= 0.3 is 0 Å². The molecule has 0 bridgehead atoms. The number of carbonyl (C=O) groups excluding carboxylic acids is 1. The number of ether oxygens (including phenoxy) is 2. The summed E-state index contributed by atoms with van der Waals surface area (Å²) in [4.78, 5) is 14.5. The maximum Gasteiger partial charge on any atom is 0.244 e. The van der Waals surface area contributed by atoms with Gasteiger partial charge in [-0.05, 0) is 31.9 Å². The van der Waals surface area contributed by atoms with Crippen LogP contribution in [0.25, 0.3) is 0 Å². The summed E-state index contributed by atoms with van der Waals surface area (Å²) >= 11 is 0. The molecule has 0 aliphatic carbocycles. The maximum atomic E-state index is 13.1. The lowest BCUT2D eigenvalue weighted by atomic mass is 10.1. The summed E-state index contributed by atoms with van der Waals surface area (Å²) in [6.45, 7) is 3.59. The van der Waals surface area contributed by atoms with Gasteiger partial charge in [0.15, 0.2) is 11.5 Å². The van der Waals surface area contributed by atoms with Crippen molar-refractivity contribution in [2.45, 2.75) is 36.7 Å².